The summed E-state index contributed by atoms with van der Waals surface area (Å²) in [6, 6.07) is 6.47. The molecule has 1 aromatic carbocycles. The smallest absolute Gasteiger partial charge is 0.337 e. The van der Waals surface area contributed by atoms with Crippen LogP contribution in [0, 0.1) is 0 Å². The number of nitrogens with zero attached hydrogens (tertiary/aromatic N) is 1. The Labute approximate surface area is 114 Å². The van der Waals surface area contributed by atoms with Crippen molar-refractivity contribution in [3.05, 3.63) is 35.4 Å². The molecule has 0 radical (unpaired) electrons. The lowest BCUT2D eigenvalue weighted by Crippen LogP contribution is -2.39. The van der Waals surface area contributed by atoms with E-state index in [9.17, 15) is 13.2 Å². The summed E-state index contributed by atoms with van der Waals surface area (Å²) in [7, 11) is 0.766. The molecule has 0 bridgehead atoms. The number of esters is 1. The van der Waals surface area contributed by atoms with Crippen molar-refractivity contribution in [2.75, 3.05) is 21.2 Å². The molecule has 0 atom stereocenters. The van der Waals surface area contributed by atoms with Crippen molar-refractivity contribution >= 4 is 16.0 Å². The molecule has 0 aliphatic rings. The monoisotopic (exact) mass is 285 g/mol. The fourth-order valence-corrected chi connectivity index (χ4v) is 3.08. The molecular weight excluding hydrogens is 266 g/mol. The number of methoxy groups -OCH3 is 1. The number of carbonyl (C=O) groups is 1. The molecule has 0 aliphatic heterocycles. The second kappa shape index (κ2) is 5.30. The lowest BCUT2D eigenvalue weighted by molar-refractivity contribution is 0.0600. The molecule has 5 nitrogen and oxygen atoms in total. The summed E-state index contributed by atoms with van der Waals surface area (Å²) in [5, 5.41) is 0. The Bertz CT molecular complexity index is 576. The van der Waals surface area contributed by atoms with Crippen molar-refractivity contribution in [2.45, 2.75) is 18.6 Å². The van der Waals surface area contributed by atoms with Gasteiger partial charge in [0, 0.05) is 14.1 Å². The van der Waals surface area contributed by atoms with Gasteiger partial charge in [0.15, 0.2) is 0 Å². The Morgan fingerprint density at radius 1 is 1.26 bits per heavy atom. The van der Waals surface area contributed by atoms with Crippen LogP contribution in [0.4, 0.5) is 0 Å². The molecule has 0 saturated heterocycles. The van der Waals surface area contributed by atoms with E-state index in [1.165, 1.54) is 25.5 Å². The first-order chi connectivity index (χ1) is 8.64. The first-order valence-corrected chi connectivity index (χ1v) is 7.19. The summed E-state index contributed by atoms with van der Waals surface area (Å²) in [6.45, 7) is 3.22. The predicted molar refractivity (Wildman–Crippen MR) is 73.4 cm³/mol. The number of rotatable bonds is 4. The van der Waals surface area contributed by atoms with Gasteiger partial charge in [0.05, 0.1) is 12.7 Å². The van der Waals surface area contributed by atoms with Crippen LogP contribution in [0.5, 0.6) is 0 Å². The summed E-state index contributed by atoms with van der Waals surface area (Å²) in [6.07, 6.45) is 0. The summed E-state index contributed by atoms with van der Waals surface area (Å²) in [5.74, 6) is -0.486. The first-order valence-electron chi connectivity index (χ1n) is 5.75. The van der Waals surface area contributed by atoms with Gasteiger partial charge in [-0.3, -0.25) is 0 Å². The molecule has 106 valence electrons. The van der Waals surface area contributed by atoms with Crippen LogP contribution in [-0.4, -0.2) is 39.9 Å². The van der Waals surface area contributed by atoms with E-state index in [1.807, 2.05) is 0 Å². The third-order valence-electron chi connectivity index (χ3n) is 3.10. The summed E-state index contributed by atoms with van der Waals surface area (Å²) in [5.41, 5.74) is 0.881. The molecular formula is C13H19NO4S. The zero-order chi connectivity index (χ0) is 14.8. The summed E-state index contributed by atoms with van der Waals surface area (Å²) < 4.78 is 29.3. The minimum atomic E-state index is -3.50. The van der Waals surface area contributed by atoms with E-state index in [1.54, 1.807) is 38.1 Å². The Morgan fingerprint density at radius 3 is 2.32 bits per heavy atom. The first kappa shape index (κ1) is 15.7. The van der Waals surface area contributed by atoms with E-state index in [-0.39, 0.29) is 0 Å². The van der Waals surface area contributed by atoms with Gasteiger partial charge < -0.3 is 4.74 Å². The molecule has 1 aromatic rings. The third-order valence-corrected chi connectivity index (χ3v) is 5.59. The van der Waals surface area contributed by atoms with E-state index < -0.39 is 20.7 Å². The van der Waals surface area contributed by atoms with Gasteiger partial charge in [0.2, 0.25) is 10.0 Å². The fourth-order valence-electron chi connectivity index (χ4n) is 1.74. The number of hydrogen-bond acceptors (Lipinski definition) is 4. The quantitative estimate of drug-likeness (QED) is 0.788. The minimum absolute atomic E-state index is 0.335. The van der Waals surface area contributed by atoms with Crippen LogP contribution in [0.25, 0.3) is 0 Å². The van der Waals surface area contributed by atoms with E-state index in [4.69, 9.17) is 0 Å². The highest BCUT2D eigenvalue weighted by atomic mass is 32.2. The van der Waals surface area contributed by atoms with Crippen LogP contribution < -0.4 is 0 Å². The largest absolute Gasteiger partial charge is 0.465 e. The van der Waals surface area contributed by atoms with Crippen LogP contribution in [0.15, 0.2) is 24.3 Å². The van der Waals surface area contributed by atoms with Crippen molar-refractivity contribution in [2.24, 2.45) is 0 Å². The molecule has 0 N–H and O–H groups in total. The van der Waals surface area contributed by atoms with E-state index in [0.29, 0.717) is 11.1 Å². The highest BCUT2D eigenvalue weighted by molar-refractivity contribution is 7.90. The van der Waals surface area contributed by atoms with Gasteiger partial charge in [0.1, 0.15) is 4.75 Å². The Balaban J connectivity index is 3.34. The van der Waals surface area contributed by atoms with Gasteiger partial charge in [-0.25, -0.2) is 17.5 Å². The molecule has 0 unspecified atom stereocenters. The van der Waals surface area contributed by atoms with Gasteiger partial charge in [-0.05, 0) is 31.5 Å². The maximum atomic E-state index is 12.3. The minimum Gasteiger partial charge on any atom is -0.465 e. The Morgan fingerprint density at radius 2 is 1.84 bits per heavy atom. The second-order valence-corrected chi connectivity index (χ2v) is 7.57. The normalized spacial score (nSPS) is 12.5. The number of sulfonamides is 1. The van der Waals surface area contributed by atoms with Crippen LogP contribution >= 0.6 is 0 Å². The molecule has 0 fully saturated rings. The van der Waals surface area contributed by atoms with Crippen LogP contribution in [0.1, 0.15) is 29.8 Å². The van der Waals surface area contributed by atoms with Crippen molar-refractivity contribution < 1.29 is 17.9 Å². The molecule has 0 aliphatic carbocycles. The van der Waals surface area contributed by atoms with Gasteiger partial charge in [-0.2, -0.15) is 0 Å². The fraction of sp³-hybridized carbons (Fsp3) is 0.462. The van der Waals surface area contributed by atoms with Crippen molar-refractivity contribution in [3.8, 4) is 0 Å². The maximum Gasteiger partial charge on any atom is 0.337 e. The molecule has 1 rings (SSSR count). The molecule has 0 amide bonds. The molecule has 0 saturated carbocycles. The van der Waals surface area contributed by atoms with Crippen molar-refractivity contribution in [1.29, 1.82) is 0 Å². The lowest BCUT2D eigenvalue weighted by Gasteiger charge is -2.29. The van der Waals surface area contributed by atoms with Gasteiger partial charge in [-0.1, -0.05) is 12.1 Å². The zero-order valence-electron chi connectivity index (χ0n) is 11.8. The summed E-state index contributed by atoms with van der Waals surface area (Å²) in [4.78, 5) is 11.5. The highest BCUT2D eigenvalue weighted by Gasteiger charge is 2.38. The number of ether oxygens (including phenoxy) is 1. The van der Waals surface area contributed by atoms with Crippen molar-refractivity contribution in [1.82, 2.24) is 4.31 Å². The maximum absolute atomic E-state index is 12.3. The average Bonchev–Trinajstić information content (AvgIpc) is 2.37. The van der Waals surface area contributed by atoms with Crippen LogP contribution in [0.3, 0.4) is 0 Å². The standard InChI is InChI=1S/C13H19NO4S/c1-13(2,19(16,17)14(3)4)11-8-6-7-10(9-11)12(15)18-5/h6-9H,1-5H3. The van der Waals surface area contributed by atoms with Gasteiger partial charge >= 0.3 is 5.97 Å². The highest BCUT2D eigenvalue weighted by Crippen LogP contribution is 2.31. The SMILES string of the molecule is COC(=O)c1cccc(C(C)(C)S(=O)(=O)N(C)C)c1. The molecule has 6 heteroatoms. The third kappa shape index (κ3) is 2.79. The number of hydrogen-bond donors (Lipinski definition) is 0. The molecule has 0 spiro atoms. The number of benzene rings is 1. The molecule has 19 heavy (non-hydrogen) atoms. The second-order valence-electron chi connectivity index (χ2n) is 4.87. The Hall–Kier alpha value is -1.40. The van der Waals surface area contributed by atoms with Crippen molar-refractivity contribution in [3.63, 3.8) is 0 Å². The van der Waals surface area contributed by atoms with Gasteiger partial charge in [-0.15, -0.1) is 0 Å². The molecule has 0 heterocycles. The van der Waals surface area contributed by atoms with Crippen LogP contribution in [-0.2, 0) is 19.5 Å². The van der Waals surface area contributed by atoms with E-state index in [2.05, 4.69) is 4.74 Å². The summed E-state index contributed by atoms with van der Waals surface area (Å²) >= 11 is 0. The average molecular weight is 285 g/mol. The van der Waals surface area contributed by atoms with E-state index >= 15 is 0 Å². The lowest BCUT2D eigenvalue weighted by atomic mass is 10.00. The van der Waals surface area contributed by atoms with E-state index in [0.717, 1.165) is 0 Å². The number of carbonyl (C=O) groups excluding carboxylic acids is 1. The zero-order valence-corrected chi connectivity index (χ0v) is 12.6. The topological polar surface area (TPSA) is 63.7 Å². The predicted octanol–water partition coefficient (Wildman–Crippen LogP) is 1.60. The Kier molecular flexibility index (Phi) is 4.37. The van der Waals surface area contributed by atoms with Crippen LogP contribution in [0.2, 0.25) is 0 Å². The molecule has 0 aromatic heterocycles. The van der Waals surface area contributed by atoms with Gasteiger partial charge in [0.25, 0.3) is 0 Å².